The Kier molecular flexibility index (Phi) is 6.20. The van der Waals surface area contributed by atoms with Gasteiger partial charge in [0.1, 0.15) is 0 Å². The molecular formula is C52H34N2. The van der Waals surface area contributed by atoms with Crippen LogP contribution in [0.4, 0.5) is 0 Å². The van der Waals surface area contributed by atoms with Crippen molar-refractivity contribution in [1.82, 2.24) is 9.13 Å². The molecule has 2 unspecified atom stereocenters. The predicted octanol–water partition coefficient (Wildman–Crippen LogP) is 12.9. The fourth-order valence-corrected chi connectivity index (χ4v) is 9.65. The second-order valence-corrected chi connectivity index (χ2v) is 14.9. The van der Waals surface area contributed by atoms with Gasteiger partial charge in [0.05, 0.1) is 22.1 Å². The SMILES string of the molecule is C1=CC2=CC(c3ccc(-n4c5ccccc5c5ccccc54)cc3)=CC3=CC=C4C=C(c5ccc(-n6c7ccccc7c7ccccc76)cc5)C=C1C4C32. The summed E-state index contributed by atoms with van der Waals surface area (Å²) >= 11 is 0. The predicted molar refractivity (Wildman–Crippen MR) is 226 cm³/mol. The van der Waals surface area contributed by atoms with Gasteiger partial charge in [0, 0.05) is 44.8 Å². The van der Waals surface area contributed by atoms with Crippen molar-refractivity contribution in [2.45, 2.75) is 0 Å². The lowest BCUT2D eigenvalue weighted by molar-refractivity contribution is 0.566. The van der Waals surface area contributed by atoms with Crippen molar-refractivity contribution in [3.05, 3.63) is 228 Å². The first-order chi connectivity index (χ1) is 26.8. The van der Waals surface area contributed by atoms with Crippen molar-refractivity contribution in [2.75, 3.05) is 0 Å². The molecule has 0 saturated heterocycles. The minimum Gasteiger partial charge on any atom is -0.309 e. The van der Waals surface area contributed by atoms with E-state index < -0.39 is 0 Å². The van der Waals surface area contributed by atoms with Gasteiger partial charge in [-0.3, -0.25) is 0 Å². The minimum absolute atomic E-state index is 0.345. The molecule has 12 rings (SSSR count). The summed E-state index contributed by atoms with van der Waals surface area (Å²) in [5, 5.41) is 5.15. The van der Waals surface area contributed by atoms with Crippen LogP contribution in [0.15, 0.2) is 216 Å². The van der Waals surface area contributed by atoms with E-state index in [1.165, 1.54) is 99.6 Å². The van der Waals surface area contributed by atoms with Gasteiger partial charge in [-0.2, -0.15) is 0 Å². The smallest absolute Gasteiger partial charge is 0.0541 e. The van der Waals surface area contributed by atoms with Crippen LogP contribution in [0.2, 0.25) is 0 Å². The third kappa shape index (κ3) is 4.28. The Morgan fingerprint density at radius 1 is 0.315 bits per heavy atom. The molecule has 2 atom stereocenters. The van der Waals surface area contributed by atoms with E-state index in [2.05, 4.69) is 203 Å². The molecule has 0 spiro atoms. The Morgan fingerprint density at radius 3 is 1.00 bits per heavy atom. The number of fused-ring (bicyclic) bond motifs is 6. The van der Waals surface area contributed by atoms with Gasteiger partial charge in [-0.15, -0.1) is 0 Å². The van der Waals surface area contributed by atoms with Crippen LogP contribution < -0.4 is 0 Å². The van der Waals surface area contributed by atoms with Crippen molar-refractivity contribution in [1.29, 1.82) is 0 Å². The van der Waals surface area contributed by atoms with E-state index in [0.29, 0.717) is 11.8 Å². The Hall–Kier alpha value is -6.90. The van der Waals surface area contributed by atoms with Crippen LogP contribution >= 0.6 is 0 Å². The van der Waals surface area contributed by atoms with Crippen LogP contribution in [0.1, 0.15) is 11.1 Å². The maximum absolute atomic E-state index is 2.42. The fraction of sp³-hybridized carbons (Fsp3) is 0.0385. The molecule has 4 aliphatic carbocycles. The molecule has 6 aromatic carbocycles. The van der Waals surface area contributed by atoms with Crippen LogP contribution in [-0.4, -0.2) is 9.13 Å². The maximum atomic E-state index is 2.42. The summed E-state index contributed by atoms with van der Waals surface area (Å²) in [4.78, 5) is 0. The third-order valence-corrected chi connectivity index (χ3v) is 12.1. The summed E-state index contributed by atoms with van der Waals surface area (Å²) in [5.41, 5.74) is 17.9. The first kappa shape index (κ1) is 29.7. The van der Waals surface area contributed by atoms with E-state index in [9.17, 15) is 0 Å². The Balaban J connectivity index is 0.875. The van der Waals surface area contributed by atoms with Gasteiger partial charge >= 0.3 is 0 Å². The molecule has 0 saturated carbocycles. The molecule has 2 heteroatoms. The standard InChI is InChI=1S/C52H34N2/c1-5-13-47-43(9-1)44-10-2-6-14-48(44)53(47)41-25-21-33(22-26-41)39-29-35-17-19-37-31-40(32-38-20-18-36(30-39)51(35)52(37)38)34-23-27-42(28-24-34)54-49-15-7-3-11-45(49)46-12-4-8-16-50(46)54/h1-32,51-52H. The van der Waals surface area contributed by atoms with Crippen LogP contribution in [-0.2, 0) is 0 Å². The number of allylic oxidation sites excluding steroid dienone is 14. The topological polar surface area (TPSA) is 9.86 Å². The van der Waals surface area contributed by atoms with Crippen LogP contribution in [0.5, 0.6) is 0 Å². The quantitative estimate of drug-likeness (QED) is 0.174. The monoisotopic (exact) mass is 686 g/mol. The van der Waals surface area contributed by atoms with Crippen molar-refractivity contribution >= 4 is 54.8 Å². The molecule has 0 fully saturated rings. The third-order valence-electron chi connectivity index (χ3n) is 12.1. The summed E-state index contributed by atoms with van der Waals surface area (Å²) in [6, 6.07) is 53.0. The molecule has 54 heavy (non-hydrogen) atoms. The molecule has 0 N–H and O–H groups in total. The van der Waals surface area contributed by atoms with E-state index in [0.717, 1.165) is 0 Å². The molecule has 0 amide bonds. The fourth-order valence-electron chi connectivity index (χ4n) is 9.65. The van der Waals surface area contributed by atoms with E-state index in [1.807, 2.05) is 0 Å². The molecule has 8 aromatic rings. The summed E-state index contributed by atoms with van der Waals surface area (Å²) in [6.45, 7) is 0. The molecule has 2 aromatic heterocycles. The first-order valence-corrected chi connectivity index (χ1v) is 18.9. The molecule has 0 aliphatic heterocycles. The second kappa shape index (κ2) is 11.3. The van der Waals surface area contributed by atoms with Gasteiger partial charge < -0.3 is 9.13 Å². The molecule has 0 radical (unpaired) electrons. The van der Waals surface area contributed by atoms with E-state index in [1.54, 1.807) is 0 Å². The number of benzene rings is 6. The lowest BCUT2D eigenvalue weighted by atomic mass is 9.63. The zero-order chi connectivity index (χ0) is 35.3. The summed E-state index contributed by atoms with van der Waals surface area (Å²) in [5.74, 6) is 0.690. The van der Waals surface area contributed by atoms with Crippen molar-refractivity contribution in [3.63, 3.8) is 0 Å². The van der Waals surface area contributed by atoms with Gasteiger partial charge in [-0.1, -0.05) is 146 Å². The second-order valence-electron chi connectivity index (χ2n) is 14.9. The van der Waals surface area contributed by atoms with Crippen molar-refractivity contribution < 1.29 is 0 Å². The summed E-state index contributed by atoms with van der Waals surface area (Å²) in [7, 11) is 0. The molecule has 2 heterocycles. The molecule has 4 aliphatic rings. The highest BCUT2D eigenvalue weighted by molar-refractivity contribution is 6.10. The normalized spacial score (nSPS) is 18.6. The number of hydrogen-bond donors (Lipinski definition) is 0. The number of hydrogen-bond acceptors (Lipinski definition) is 0. The Bertz CT molecular complexity index is 2810. The number of aromatic nitrogens is 2. The summed E-state index contributed by atoms with van der Waals surface area (Å²) in [6.07, 6.45) is 19.1. The first-order valence-electron chi connectivity index (χ1n) is 18.9. The van der Waals surface area contributed by atoms with Gasteiger partial charge in [0.25, 0.3) is 0 Å². The summed E-state index contributed by atoms with van der Waals surface area (Å²) < 4.78 is 4.77. The number of para-hydroxylation sites is 4. The van der Waals surface area contributed by atoms with Crippen LogP contribution in [0.3, 0.4) is 0 Å². The minimum atomic E-state index is 0.345. The molecular weight excluding hydrogens is 653 g/mol. The highest BCUT2D eigenvalue weighted by Gasteiger charge is 2.38. The van der Waals surface area contributed by atoms with Crippen LogP contribution in [0.25, 0.3) is 66.1 Å². The van der Waals surface area contributed by atoms with E-state index >= 15 is 0 Å². The highest BCUT2D eigenvalue weighted by Crippen LogP contribution is 2.51. The van der Waals surface area contributed by atoms with E-state index in [4.69, 9.17) is 0 Å². The van der Waals surface area contributed by atoms with Crippen molar-refractivity contribution in [2.24, 2.45) is 11.8 Å². The van der Waals surface area contributed by atoms with E-state index in [-0.39, 0.29) is 0 Å². The average molecular weight is 687 g/mol. The highest BCUT2D eigenvalue weighted by atomic mass is 15.0. The van der Waals surface area contributed by atoms with Crippen molar-refractivity contribution in [3.8, 4) is 11.4 Å². The maximum Gasteiger partial charge on any atom is 0.0541 e. The zero-order valence-electron chi connectivity index (χ0n) is 29.5. The Morgan fingerprint density at radius 2 is 0.648 bits per heavy atom. The van der Waals surface area contributed by atoms with Gasteiger partial charge in [-0.25, -0.2) is 0 Å². The average Bonchev–Trinajstić information content (AvgIpc) is 3.76. The largest absolute Gasteiger partial charge is 0.309 e. The Labute approximate surface area is 313 Å². The molecule has 0 bridgehead atoms. The number of nitrogens with zero attached hydrogens (tertiary/aromatic N) is 2. The lowest BCUT2D eigenvalue weighted by Gasteiger charge is -2.40. The number of rotatable bonds is 4. The lowest BCUT2D eigenvalue weighted by Crippen LogP contribution is -2.29. The zero-order valence-corrected chi connectivity index (χ0v) is 29.5. The molecule has 2 nitrogen and oxygen atoms in total. The van der Waals surface area contributed by atoms with Gasteiger partial charge in [-0.05, 0) is 93.1 Å². The van der Waals surface area contributed by atoms with Crippen LogP contribution in [0, 0.1) is 11.8 Å². The van der Waals surface area contributed by atoms with Gasteiger partial charge in [0.2, 0.25) is 0 Å². The molecule has 252 valence electrons. The van der Waals surface area contributed by atoms with Gasteiger partial charge in [0.15, 0.2) is 0 Å².